The average molecular weight is 380 g/mol. The Morgan fingerprint density at radius 1 is 1.00 bits per heavy atom. The van der Waals surface area contributed by atoms with Crippen LogP contribution in [0.15, 0.2) is 42.5 Å². The number of carbonyl (C=O) groups is 1. The molecule has 0 unspecified atom stereocenters. The highest BCUT2D eigenvalue weighted by Gasteiger charge is 2.20. The van der Waals surface area contributed by atoms with Gasteiger partial charge in [0.25, 0.3) is 0 Å². The average Bonchev–Trinajstić information content (AvgIpc) is 2.57. The number of rotatable bonds is 3. The highest BCUT2D eigenvalue weighted by atomic mass is 35.5. The van der Waals surface area contributed by atoms with Crippen LogP contribution in [0.2, 0.25) is 10.0 Å². The fourth-order valence-electron chi connectivity index (χ4n) is 3.18. The van der Waals surface area contributed by atoms with Gasteiger partial charge in [-0.1, -0.05) is 54.4 Å². The Balaban J connectivity index is 1.95. The van der Waals surface area contributed by atoms with Crippen LogP contribution in [-0.4, -0.2) is 5.91 Å². The molecule has 136 valence electrons. The van der Waals surface area contributed by atoms with Crippen LogP contribution < -0.4 is 5.32 Å². The predicted octanol–water partition coefficient (Wildman–Crippen LogP) is 7.04. The molecule has 0 saturated heterocycles. The van der Waals surface area contributed by atoms with Crippen molar-refractivity contribution in [2.75, 3.05) is 5.32 Å². The highest BCUT2D eigenvalue weighted by Crippen LogP contribution is 2.28. The zero-order chi connectivity index (χ0) is 18.1. The molecule has 0 radical (unpaired) electrons. The van der Waals surface area contributed by atoms with Gasteiger partial charge >= 0.3 is 0 Å². The molecular formula is C21H27Cl2NO. The topological polar surface area (TPSA) is 29.1 Å². The molecule has 0 heterocycles. The third-order valence-electron chi connectivity index (χ3n) is 4.78. The van der Waals surface area contributed by atoms with Crippen LogP contribution in [0, 0.1) is 11.8 Å². The number of amides is 1. The van der Waals surface area contributed by atoms with Crippen LogP contribution in [-0.2, 0) is 4.79 Å². The summed E-state index contributed by atoms with van der Waals surface area (Å²) in [4.78, 5) is 12.5. The molecule has 0 aliphatic heterocycles. The van der Waals surface area contributed by atoms with Crippen molar-refractivity contribution in [3.63, 3.8) is 0 Å². The number of hydrogen-bond acceptors (Lipinski definition) is 1. The Morgan fingerprint density at radius 3 is 2.32 bits per heavy atom. The molecule has 2 rings (SSSR count). The molecule has 0 bridgehead atoms. The van der Waals surface area contributed by atoms with E-state index in [-0.39, 0.29) is 5.91 Å². The van der Waals surface area contributed by atoms with Crippen molar-refractivity contribution in [3.05, 3.63) is 52.5 Å². The van der Waals surface area contributed by atoms with Crippen molar-refractivity contribution in [1.29, 1.82) is 0 Å². The van der Waals surface area contributed by atoms with Gasteiger partial charge in [0, 0.05) is 12.1 Å². The van der Waals surface area contributed by atoms with E-state index in [1.807, 2.05) is 0 Å². The van der Waals surface area contributed by atoms with Crippen molar-refractivity contribution in [2.24, 2.45) is 11.8 Å². The van der Waals surface area contributed by atoms with Crippen LogP contribution in [0.1, 0.15) is 51.9 Å². The molecule has 4 heteroatoms. The zero-order valence-corrected chi connectivity index (χ0v) is 16.3. The number of anilines is 1. The summed E-state index contributed by atoms with van der Waals surface area (Å²) >= 11 is 11.9. The van der Waals surface area contributed by atoms with Gasteiger partial charge in [-0.05, 0) is 68.6 Å². The van der Waals surface area contributed by atoms with Gasteiger partial charge in [0.15, 0.2) is 0 Å². The number of hydrogen-bond donors (Lipinski definition) is 1. The van der Waals surface area contributed by atoms with Gasteiger partial charge in [0.05, 0.1) is 10.0 Å². The Hall–Kier alpha value is -1.25. The van der Waals surface area contributed by atoms with Crippen LogP contribution in [0.3, 0.4) is 0 Å². The van der Waals surface area contributed by atoms with Gasteiger partial charge in [0.2, 0.25) is 5.91 Å². The number of benzene rings is 1. The minimum Gasteiger partial charge on any atom is -0.326 e. The van der Waals surface area contributed by atoms with Gasteiger partial charge < -0.3 is 5.32 Å². The summed E-state index contributed by atoms with van der Waals surface area (Å²) in [5, 5.41) is 3.90. The van der Waals surface area contributed by atoms with E-state index in [2.05, 4.69) is 36.5 Å². The predicted molar refractivity (Wildman–Crippen MR) is 108 cm³/mol. The van der Waals surface area contributed by atoms with Crippen LogP contribution in [0.5, 0.6) is 0 Å². The largest absolute Gasteiger partial charge is 0.326 e. The third kappa shape index (κ3) is 7.25. The number of nitrogens with one attached hydrogen (secondary N) is 1. The fourth-order valence-corrected chi connectivity index (χ4v) is 3.48. The van der Waals surface area contributed by atoms with E-state index in [1.165, 1.54) is 0 Å². The van der Waals surface area contributed by atoms with E-state index >= 15 is 0 Å². The molecule has 1 N–H and O–H groups in total. The smallest absolute Gasteiger partial charge is 0.224 e. The van der Waals surface area contributed by atoms with Crippen LogP contribution in [0.25, 0.3) is 0 Å². The first-order valence-electron chi connectivity index (χ1n) is 9.11. The SMILES string of the molecule is C[C@H]1CC/C=C/CC/C=C\CC[C@@H]1CC(=O)Nc1ccc(Cl)c(Cl)c1. The molecule has 0 spiro atoms. The maximum Gasteiger partial charge on any atom is 0.224 e. The summed E-state index contributed by atoms with van der Waals surface area (Å²) in [6, 6.07) is 5.18. The van der Waals surface area contributed by atoms with E-state index in [1.54, 1.807) is 18.2 Å². The molecule has 1 amide bonds. The summed E-state index contributed by atoms with van der Waals surface area (Å²) < 4.78 is 0. The molecule has 0 saturated carbocycles. The lowest BCUT2D eigenvalue weighted by molar-refractivity contribution is -0.117. The fraction of sp³-hybridized carbons (Fsp3) is 0.476. The molecule has 1 aromatic carbocycles. The van der Waals surface area contributed by atoms with Gasteiger partial charge in [-0.2, -0.15) is 0 Å². The summed E-state index contributed by atoms with van der Waals surface area (Å²) in [5.74, 6) is 0.958. The van der Waals surface area contributed by atoms with Crippen molar-refractivity contribution < 1.29 is 4.79 Å². The molecule has 2 nitrogen and oxygen atoms in total. The quantitative estimate of drug-likeness (QED) is 0.560. The van der Waals surface area contributed by atoms with Crippen molar-refractivity contribution in [1.82, 2.24) is 0 Å². The van der Waals surface area contributed by atoms with Gasteiger partial charge in [0.1, 0.15) is 0 Å². The van der Waals surface area contributed by atoms with Crippen molar-refractivity contribution in [2.45, 2.75) is 51.9 Å². The Bertz CT molecular complexity index is 624. The lowest BCUT2D eigenvalue weighted by Gasteiger charge is -2.23. The minimum atomic E-state index is 0.0434. The molecule has 1 aromatic rings. The lowest BCUT2D eigenvalue weighted by atomic mass is 9.83. The van der Waals surface area contributed by atoms with E-state index in [0.717, 1.165) is 38.5 Å². The molecule has 1 aliphatic rings. The summed E-state index contributed by atoms with van der Waals surface area (Å²) in [6.07, 6.45) is 16.1. The summed E-state index contributed by atoms with van der Waals surface area (Å²) in [5.41, 5.74) is 0.697. The van der Waals surface area contributed by atoms with Gasteiger partial charge in [-0.25, -0.2) is 0 Å². The second kappa shape index (κ2) is 10.7. The molecule has 1 aliphatic carbocycles. The second-order valence-corrected chi connectivity index (χ2v) is 7.61. The Morgan fingerprint density at radius 2 is 1.64 bits per heavy atom. The monoisotopic (exact) mass is 379 g/mol. The summed E-state index contributed by atoms with van der Waals surface area (Å²) in [7, 11) is 0. The molecule has 25 heavy (non-hydrogen) atoms. The van der Waals surface area contributed by atoms with E-state index in [0.29, 0.717) is 34.0 Å². The van der Waals surface area contributed by atoms with Crippen molar-refractivity contribution >= 4 is 34.8 Å². The first kappa shape index (κ1) is 20.1. The van der Waals surface area contributed by atoms with Crippen molar-refractivity contribution in [3.8, 4) is 0 Å². The van der Waals surface area contributed by atoms with Crippen LogP contribution in [0.4, 0.5) is 5.69 Å². The molecule has 2 atom stereocenters. The summed E-state index contributed by atoms with van der Waals surface area (Å²) in [6.45, 7) is 2.26. The van der Waals surface area contributed by atoms with Gasteiger partial charge in [-0.15, -0.1) is 0 Å². The molecule has 0 fully saturated rings. The normalized spacial score (nSPS) is 24.6. The maximum atomic E-state index is 12.5. The van der Waals surface area contributed by atoms with Gasteiger partial charge in [-0.3, -0.25) is 4.79 Å². The van der Waals surface area contributed by atoms with E-state index in [4.69, 9.17) is 23.2 Å². The maximum absolute atomic E-state index is 12.5. The minimum absolute atomic E-state index is 0.0434. The second-order valence-electron chi connectivity index (χ2n) is 6.79. The standard InChI is InChI=1S/C21H27Cl2NO/c1-16-10-8-6-4-2-3-5-7-9-11-17(16)14-21(25)24-18-12-13-19(22)20(23)15-18/h4-7,12-13,15-17H,2-3,8-11,14H2,1H3,(H,24,25)/b6-4+,7-5-/t16-,17+/m0/s1. The zero-order valence-electron chi connectivity index (χ0n) is 14.8. The first-order valence-corrected chi connectivity index (χ1v) is 9.86. The number of allylic oxidation sites excluding steroid dienone is 4. The van der Waals surface area contributed by atoms with E-state index < -0.39 is 0 Å². The Kier molecular flexibility index (Phi) is 8.57. The Labute approximate surface area is 161 Å². The van der Waals surface area contributed by atoms with Crippen LogP contribution >= 0.6 is 23.2 Å². The lowest BCUT2D eigenvalue weighted by Crippen LogP contribution is -2.21. The molecular weight excluding hydrogens is 353 g/mol. The number of carbonyl (C=O) groups excluding carboxylic acids is 1. The third-order valence-corrected chi connectivity index (χ3v) is 5.52. The van der Waals surface area contributed by atoms with E-state index in [9.17, 15) is 4.79 Å². The molecule has 0 aromatic heterocycles. The first-order chi connectivity index (χ1) is 12.1. The number of halogens is 2. The highest BCUT2D eigenvalue weighted by molar-refractivity contribution is 6.42.